The van der Waals surface area contributed by atoms with Gasteiger partial charge >= 0.3 is 0 Å². The maximum atomic E-state index is 13.5. The lowest BCUT2D eigenvalue weighted by atomic mass is 10.0. The molecule has 0 aliphatic rings. The zero-order valence-corrected chi connectivity index (χ0v) is 19.4. The molecule has 1 aromatic heterocycles. The average Bonchev–Trinajstić information content (AvgIpc) is 2.78. The molecule has 0 saturated carbocycles. The molecule has 162 valence electrons. The fraction of sp³-hybridized carbons (Fsp3) is 0.250. The van der Waals surface area contributed by atoms with Gasteiger partial charge in [0.1, 0.15) is 23.0 Å². The monoisotopic (exact) mass is 486 g/mol. The molecular formula is C24H24BrFN2O3. The lowest BCUT2D eigenvalue weighted by Crippen LogP contribution is -2.27. The van der Waals surface area contributed by atoms with Crippen LogP contribution in [0.5, 0.6) is 11.5 Å². The Bertz CT molecular complexity index is 1080. The molecule has 5 nitrogen and oxygen atoms in total. The Morgan fingerprint density at radius 1 is 1.10 bits per heavy atom. The zero-order chi connectivity index (χ0) is 22.5. The molecule has 1 atom stereocenters. The van der Waals surface area contributed by atoms with Gasteiger partial charge in [-0.15, -0.1) is 0 Å². The van der Waals surface area contributed by atoms with Crippen molar-refractivity contribution in [2.45, 2.75) is 25.2 Å². The second kappa shape index (κ2) is 9.92. The van der Waals surface area contributed by atoms with E-state index in [4.69, 9.17) is 9.47 Å². The number of methoxy groups -OCH3 is 2. The molecule has 7 heteroatoms. The van der Waals surface area contributed by atoms with E-state index in [-0.39, 0.29) is 23.5 Å². The maximum Gasteiger partial charge on any atom is 0.270 e. The molecular weight excluding hydrogens is 463 g/mol. The second-order valence-corrected chi connectivity index (χ2v) is 7.74. The van der Waals surface area contributed by atoms with Crippen molar-refractivity contribution in [2.24, 2.45) is 0 Å². The van der Waals surface area contributed by atoms with Gasteiger partial charge in [-0.05, 0) is 73.0 Å². The number of hydrogen-bond donors (Lipinski definition) is 1. The fourth-order valence-electron chi connectivity index (χ4n) is 3.27. The molecule has 3 rings (SSSR count). The van der Waals surface area contributed by atoms with Crippen LogP contribution in [0.3, 0.4) is 0 Å². The van der Waals surface area contributed by atoms with Crippen LogP contribution in [-0.4, -0.2) is 25.1 Å². The number of benzene rings is 2. The van der Waals surface area contributed by atoms with E-state index < -0.39 is 0 Å². The highest BCUT2D eigenvalue weighted by Crippen LogP contribution is 2.27. The summed E-state index contributed by atoms with van der Waals surface area (Å²) in [7, 11) is 3.16. The molecule has 0 fully saturated rings. The number of nitrogens with one attached hydrogen (secondary N) is 1. The quantitative estimate of drug-likeness (QED) is 0.441. The summed E-state index contributed by atoms with van der Waals surface area (Å²) in [6.45, 7) is 3.70. The Kier molecular flexibility index (Phi) is 7.28. The minimum atomic E-state index is -0.307. The van der Waals surface area contributed by atoms with Gasteiger partial charge in [0.25, 0.3) is 5.91 Å². The van der Waals surface area contributed by atoms with Gasteiger partial charge in [-0.1, -0.05) is 15.9 Å². The van der Waals surface area contributed by atoms with Gasteiger partial charge in [0.05, 0.1) is 26.0 Å². The standard InChI is InChI=1S/C24H24BrFN2O3/c1-14-7-18(26)5-6-21(14)22-8-16(13-25)9-23(28-22)24(29)27-15(2)17-10-19(30-3)12-20(11-17)31-4/h5-12,15H,13H2,1-4H3,(H,27,29). The van der Waals surface area contributed by atoms with Crippen LogP contribution in [0.2, 0.25) is 0 Å². The van der Waals surface area contributed by atoms with E-state index in [0.29, 0.717) is 22.5 Å². The van der Waals surface area contributed by atoms with Crippen molar-refractivity contribution in [3.8, 4) is 22.8 Å². The minimum absolute atomic E-state index is 0.289. The van der Waals surface area contributed by atoms with E-state index in [9.17, 15) is 9.18 Å². The first kappa shape index (κ1) is 22.7. The van der Waals surface area contributed by atoms with Crippen LogP contribution in [0.25, 0.3) is 11.3 Å². The Morgan fingerprint density at radius 2 is 1.77 bits per heavy atom. The number of amides is 1. The normalized spacial score (nSPS) is 11.7. The smallest absolute Gasteiger partial charge is 0.270 e. The van der Waals surface area contributed by atoms with Gasteiger partial charge in [-0.2, -0.15) is 0 Å². The molecule has 0 aliphatic carbocycles. The molecule has 0 aliphatic heterocycles. The highest BCUT2D eigenvalue weighted by Gasteiger charge is 2.17. The van der Waals surface area contributed by atoms with E-state index in [2.05, 4.69) is 26.2 Å². The molecule has 1 N–H and O–H groups in total. The fourth-order valence-corrected chi connectivity index (χ4v) is 3.59. The van der Waals surface area contributed by atoms with Gasteiger partial charge in [0.2, 0.25) is 0 Å². The third kappa shape index (κ3) is 5.41. The van der Waals surface area contributed by atoms with E-state index in [1.54, 1.807) is 32.4 Å². The van der Waals surface area contributed by atoms with Crippen LogP contribution >= 0.6 is 15.9 Å². The predicted molar refractivity (Wildman–Crippen MR) is 122 cm³/mol. The Balaban J connectivity index is 1.91. The van der Waals surface area contributed by atoms with Crippen LogP contribution in [0, 0.1) is 12.7 Å². The first-order chi connectivity index (χ1) is 14.8. The molecule has 1 amide bonds. The third-order valence-corrected chi connectivity index (χ3v) is 5.61. The summed E-state index contributed by atoms with van der Waals surface area (Å²) in [5, 5.41) is 3.54. The average molecular weight is 487 g/mol. The van der Waals surface area contributed by atoms with Crippen molar-refractivity contribution in [2.75, 3.05) is 14.2 Å². The summed E-state index contributed by atoms with van der Waals surface area (Å²) in [5.41, 5.74) is 4.18. The molecule has 1 heterocycles. The van der Waals surface area contributed by atoms with Crippen molar-refractivity contribution >= 4 is 21.8 Å². The van der Waals surface area contributed by atoms with Gasteiger partial charge < -0.3 is 14.8 Å². The van der Waals surface area contributed by atoms with Crippen molar-refractivity contribution in [1.82, 2.24) is 10.3 Å². The lowest BCUT2D eigenvalue weighted by molar-refractivity contribution is 0.0934. The summed E-state index contributed by atoms with van der Waals surface area (Å²) < 4.78 is 24.1. The summed E-state index contributed by atoms with van der Waals surface area (Å²) >= 11 is 3.45. The van der Waals surface area contributed by atoms with Crippen LogP contribution in [0.4, 0.5) is 4.39 Å². The number of nitrogens with zero attached hydrogens (tertiary/aromatic N) is 1. The number of hydrogen-bond acceptors (Lipinski definition) is 4. The van der Waals surface area contributed by atoms with Crippen LogP contribution in [0.1, 0.15) is 40.1 Å². The first-order valence-electron chi connectivity index (χ1n) is 9.72. The SMILES string of the molecule is COc1cc(OC)cc(C(C)NC(=O)c2cc(CBr)cc(-c3ccc(F)cc3C)n2)c1. The molecule has 0 spiro atoms. The molecule has 3 aromatic rings. The second-order valence-electron chi connectivity index (χ2n) is 7.18. The molecule has 1 unspecified atom stereocenters. The number of aryl methyl sites for hydroxylation is 1. The molecule has 0 bridgehead atoms. The van der Waals surface area contributed by atoms with Gasteiger partial charge in [-0.25, -0.2) is 9.37 Å². The van der Waals surface area contributed by atoms with Crippen LogP contribution in [0.15, 0.2) is 48.5 Å². The highest BCUT2D eigenvalue weighted by atomic mass is 79.9. The van der Waals surface area contributed by atoms with Crippen molar-refractivity contribution < 1.29 is 18.7 Å². The maximum absolute atomic E-state index is 13.5. The number of halogens is 2. The number of rotatable bonds is 7. The number of carbonyl (C=O) groups is 1. The Labute approximate surface area is 189 Å². The number of carbonyl (C=O) groups excluding carboxylic acids is 1. The number of pyridine rings is 1. The number of aromatic nitrogens is 1. The lowest BCUT2D eigenvalue weighted by Gasteiger charge is -2.17. The van der Waals surface area contributed by atoms with E-state index in [0.717, 1.165) is 22.3 Å². The van der Waals surface area contributed by atoms with Crippen molar-refractivity contribution in [3.05, 3.63) is 76.7 Å². The summed E-state index contributed by atoms with van der Waals surface area (Å²) in [6, 6.07) is 13.3. The summed E-state index contributed by atoms with van der Waals surface area (Å²) in [6.07, 6.45) is 0. The molecule has 0 saturated heterocycles. The zero-order valence-electron chi connectivity index (χ0n) is 17.8. The molecule has 0 radical (unpaired) electrons. The topological polar surface area (TPSA) is 60.5 Å². The van der Waals surface area contributed by atoms with Gasteiger partial charge in [0.15, 0.2) is 0 Å². The Hall–Kier alpha value is -2.93. The van der Waals surface area contributed by atoms with Crippen LogP contribution in [-0.2, 0) is 5.33 Å². The van der Waals surface area contributed by atoms with Crippen LogP contribution < -0.4 is 14.8 Å². The first-order valence-corrected chi connectivity index (χ1v) is 10.8. The van der Waals surface area contributed by atoms with E-state index in [1.807, 2.05) is 32.0 Å². The molecule has 31 heavy (non-hydrogen) atoms. The summed E-state index contributed by atoms with van der Waals surface area (Å²) in [4.78, 5) is 17.6. The largest absolute Gasteiger partial charge is 0.497 e. The van der Waals surface area contributed by atoms with Gasteiger partial charge in [-0.3, -0.25) is 4.79 Å². The predicted octanol–water partition coefficient (Wildman–Crippen LogP) is 5.60. The Morgan fingerprint density at radius 3 is 2.35 bits per heavy atom. The van der Waals surface area contributed by atoms with Crippen molar-refractivity contribution in [1.29, 1.82) is 0 Å². The number of alkyl halides is 1. The molecule has 2 aromatic carbocycles. The van der Waals surface area contributed by atoms with E-state index in [1.165, 1.54) is 12.1 Å². The highest BCUT2D eigenvalue weighted by molar-refractivity contribution is 9.08. The van der Waals surface area contributed by atoms with Crippen molar-refractivity contribution in [3.63, 3.8) is 0 Å². The third-order valence-electron chi connectivity index (χ3n) is 4.96. The van der Waals surface area contributed by atoms with E-state index >= 15 is 0 Å². The van der Waals surface area contributed by atoms with Gasteiger partial charge in [0, 0.05) is 17.0 Å². The number of ether oxygens (including phenoxy) is 2. The minimum Gasteiger partial charge on any atom is -0.497 e. The summed E-state index contributed by atoms with van der Waals surface area (Å²) in [5.74, 6) is 0.671.